The summed E-state index contributed by atoms with van der Waals surface area (Å²) in [6.07, 6.45) is -3.25. The predicted octanol–water partition coefficient (Wildman–Crippen LogP) is 3.36. The molecule has 12 heteroatoms. The number of hydrogen-bond acceptors (Lipinski definition) is 5. The van der Waals surface area contributed by atoms with Gasteiger partial charge in [-0.2, -0.15) is 18.3 Å². The predicted molar refractivity (Wildman–Crippen MR) is 94.0 cm³/mol. The third-order valence-corrected chi connectivity index (χ3v) is 4.99. The van der Waals surface area contributed by atoms with Crippen molar-refractivity contribution in [2.24, 2.45) is 12.8 Å². The average Bonchev–Trinajstić information content (AvgIpc) is 3.06. The quantitative estimate of drug-likeness (QED) is 0.682. The van der Waals surface area contributed by atoms with E-state index in [9.17, 15) is 22.8 Å². The van der Waals surface area contributed by atoms with Gasteiger partial charge < -0.3 is 11.1 Å². The van der Waals surface area contributed by atoms with Crippen molar-refractivity contribution in [2.75, 3.05) is 5.32 Å². The number of hydrogen-bond donors (Lipinski definition) is 2. The number of amides is 2. The number of carbonyl (C=O) groups is 2. The summed E-state index contributed by atoms with van der Waals surface area (Å²) in [7, 11) is 1.56. The third-order valence-electron chi connectivity index (χ3n) is 3.61. The van der Waals surface area contributed by atoms with E-state index in [1.807, 2.05) is 0 Å². The van der Waals surface area contributed by atoms with Crippen molar-refractivity contribution in [3.63, 3.8) is 0 Å². The summed E-state index contributed by atoms with van der Waals surface area (Å²) >= 11 is 6.60. The highest BCUT2D eigenvalue weighted by atomic mass is 35.5. The van der Waals surface area contributed by atoms with Gasteiger partial charge in [0.25, 0.3) is 11.8 Å². The maximum Gasteiger partial charge on any atom is 0.433 e. The first-order valence-corrected chi connectivity index (χ1v) is 8.50. The number of thiophene rings is 1. The van der Waals surface area contributed by atoms with E-state index in [-0.39, 0.29) is 37.1 Å². The lowest BCUT2D eigenvalue weighted by molar-refractivity contribution is -0.141. The number of carbonyl (C=O) groups excluding carboxylic acids is 2. The zero-order chi connectivity index (χ0) is 20.1. The summed E-state index contributed by atoms with van der Waals surface area (Å²) in [5.41, 5.74) is 4.28. The van der Waals surface area contributed by atoms with E-state index in [1.165, 1.54) is 17.8 Å². The van der Waals surface area contributed by atoms with E-state index < -0.39 is 23.7 Å². The molecule has 0 aliphatic carbocycles. The van der Waals surface area contributed by atoms with Crippen LogP contribution in [0, 0.1) is 6.92 Å². The van der Waals surface area contributed by atoms with E-state index in [2.05, 4.69) is 15.4 Å². The molecule has 0 aromatic carbocycles. The summed E-state index contributed by atoms with van der Waals surface area (Å²) in [5.74, 6) is -1.64. The van der Waals surface area contributed by atoms with Crippen LogP contribution in [0.15, 0.2) is 12.3 Å². The van der Waals surface area contributed by atoms with Crippen molar-refractivity contribution >= 4 is 50.7 Å². The number of rotatable bonds is 3. The van der Waals surface area contributed by atoms with E-state index in [4.69, 9.17) is 17.3 Å². The lowest BCUT2D eigenvalue weighted by Crippen LogP contribution is -2.17. The van der Waals surface area contributed by atoms with E-state index in [0.717, 1.165) is 6.07 Å². The van der Waals surface area contributed by atoms with Crippen LogP contribution in [0.3, 0.4) is 0 Å². The molecule has 0 fully saturated rings. The molecule has 3 aromatic heterocycles. The molecule has 3 heterocycles. The lowest BCUT2D eigenvalue weighted by Gasteiger charge is -2.09. The minimum Gasteiger partial charge on any atom is -0.365 e. The van der Waals surface area contributed by atoms with Crippen LogP contribution in [0.4, 0.5) is 18.9 Å². The highest BCUT2D eigenvalue weighted by molar-refractivity contribution is 7.21. The van der Waals surface area contributed by atoms with E-state index in [0.29, 0.717) is 11.3 Å². The monoisotopic (exact) mass is 417 g/mol. The molecule has 0 spiro atoms. The fourth-order valence-electron chi connectivity index (χ4n) is 2.51. The number of pyridine rings is 1. The first-order valence-electron chi connectivity index (χ1n) is 7.30. The molecule has 3 N–H and O–H groups in total. The number of halogens is 4. The Bertz CT molecular complexity index is 1090. The van der Waals surface area contributed by atoms with Gasteiger partial charge >= 0.3 is 6.18 Å². The number of nitrogens with zero attached hydrogens (tertiary/aromatic N) is 3. The van der Waals surface area contributed by atoms with Gasteiger partial charge in [-0.3, -0.25) is 14.3 Å². The maximum atomic E-state index is 13.0. The van der Waals surface area contributed by atoms with Gasteiger partial charge in [-0.1, -0.05) is 11.6 Å². The van der Waals surface area contributed by atoms with Crippen molar-refractivity contribution in [2.45, 2.75) is 13.1 Å². The molecule has 3 aromatic rings. The van der Waals surface area contributed by atoms with Crippen molar-refractivity contribution in [1.82, 2.24) is 14.8 Å². The molecule has 7 nitrogen and oxygen atoms in total. The Kier molecular flexibility index (Phi) is 4.60. The first-order chi connectivity index (χ1) is 12.5. The molecule has 0 radical (unpaired) electrons. The molecule has 0 saturated heterocycles. The van der Waals surface area contributed by atoms with Gasteiger partial charge in [-0.25, -0.2) is 4.98 Å². The van der Waals surface area contributed by atoms with Gasteiger partial charge in [0, 0.05) is 18.6 Å². The van der Waals surface area contributed by atoms with Gasteiger partial charge in [-0.15, -0.1) is 11.3 Å². The second-order valence-corrected chi connectivity index (χ2v) is 7.03. The zero-order valence-electron chi connectivity index (χ0n) is 13.8. The van der Waals surface area contributed by atoms with Gasteiger partial charge in [0.2, 0.25) is 0 Å². The Balaban J connectivity index is 2.16. The Morgan fingerprint density at radius 2 is 2.04 bits per heavy atom. The summed E-state index contributed by atoms with van der Waals surface area (Å²) in [5, 5.41) is 6.65. The molecule has 0 atom stereocenters. The molecule has 142 valence electrons. The summed E-state index contributed by atoms with van der Waals surface area (Å²) in [6.45, 7) is 1.42. The third kappa shape index (κ3) is 3.47. The van der Waals surface area contributed by atoms with Gasteiger partial charge in [0.1, 0.15) is 15.4 Å². The molecule has 0 unspecified atom stereocenters. The first kappa shape index (κ1) is 19.1. The highest BCUT2D eigenvalue weighted by Crippen LogP contribution is 2.40. The Labute approximate surface area is 158 Å². The molecular weight excluding hydrogens is 407 g/mol. The average molecular weight is 418 g/mol. The highest BCUT2D eigenvalue weighted by Gasteiger charge is 2.34. The second-order valence-electron chi connectivity index (χ2n) is 5.63. The Morgan fingerprint density at radius 3 is 2.56 bits per heavy atom. The van der Waals surface area contributed by atoms with Crippen LogP contribution in [-0.2, 0) is 13.2 Å². The number of fused-ring (bicyclic) bond motifs is 1. The molecule has 0 aliphatic heterocycles. The van der Waals surface area contributed by atoms with Crippen molar-refractivity contribution in [3.8, 4) is 0 Å². The maximum absolute atomic E-state index is 13.0. The normalized spacial score (nSPS) is 11.8. The summed E-state index contributed by atoms with van der Waals surface area (Å²) < 4.78 is 40.3. The molecule has 2 amide bonds. The summed E-state index contributed by atoms with van der Waals surface area (Å²) in [4.78, 5) is 27.6. The van der Waals surface area contributed by atoms with Gasteiger partial charge in [0.15, 0.2) is 5.69 Å². The van der Waals surface area contributed by atoms with Crippen LogP contribution in [0.5, 0.6) is 0 Å². The largest absolute Gasteiger partial charge is 0.433 e. The smallest absolute Gasteiger partial charge is 0.365 e. The van der Waals surface area contributed by atoms with Crippen molar-refractivity contribution < 1.29 is 22.8 Å². The minimum absolute atomic E-state index is 0.0204. The van der Waals surface area contributed by atoms with Crippen LogP contribution in [-0.4, -0.2) is 26.6 Å². The molecular formula is C15H11ClF3N5O2S. The summed E-state index contributed by atoms with van der Waals surface area (Å²) in [6, 6.07) is 0.837. The minimum atomic E-state index is -4.65. The van der Waals surface area contributed by atoms with Crippen LogP contribution < -0.4 is 11.1 Å². The van der Waals surface area contributed by atoms with E-state index in [1.54, 1.807) is 7.05 Å². The fourth-order valence-corrected chi connectivity index (χ4v) is 3.83. The van der Waals surface area contributed by atoms with Crippen LogP contribution in [0.2, 0.25) is 5.02 Å². The lowest BCUT2D eigenvalue weighted by atomic mass is 10.1. The SMILES string of the molecule is Cc1cc(C(F)(F)F)nc2sc(C(N)=O)c(NC(=O)c3nn(C)cc3Cl)c12. The van der Waals surface area contributed by atoms with Crippen molar-refractivity contribution in [1.29, 1.82) is 0 Å². The zero-order valence-corrected chi connectivity index (χ0v) is 15.4. The molecule has 0 saturated carbocycles. The number of primary amides is 1. The molecule has 27 heavy (non-hydrogen) atoms. The van der Waals surface area contributed by atoms with E-state index >= 15 is 0 Å². The molecule has 0 aliphatic rings. The number of alkyl halides is 3. The van der Waals surface area contributed by atoms with Crippen LogP contribution in [0.1, 0.15) is 31.4 Å². The standard InChI is InChI=1S/C15H11ClF3N5O2S/c1-5-3-7(15(17,18)19)21-14-8(5)10(11(27-14)12(20)25)22-13(26)9-6(16)4-24(2)23-9/h3-4H,1-2H3,(H2,20,25)(H,22,26). The second kappa shape index (κ2) is 6.50. The topological polar surface area (TPSA) is 103 Å². The van der Waals surface area contributed by atoms with Gasteiger partial charge in [0.05, 0.1) is 10.7 Å². The Morgan fingerprint density at radius 1 is 1.37 bits per heavy atom. The number of anilines is 1. The van der Waals surface area contributed by atoms with Crippen LogP contribution in [0.25, 0.3) is 10.2 Å². The van der Waals surface area contributed by atoms with Crippen LogP contribution >= 0.6 is 22.9 Å². The number of aromatic nitrogens is 3. The molecule has 0 bridgehead atoms. The number of aryl methyl sites for hydroxylation is 2. The van der Waals surface area contributed by atoms with Gasteiger partial charge in [-0.05, 0) is 18.6 Å². The fraction of sp³-hybridized carbons (Fsp3) is 0.200. The Hall–Kier alpha value is -2.66. The number of nitrogens with one attached hydrogen (secondary N) is 1. The molecule has 3 rings (SSSR count). The van der Waals surface area contributed by atoms with Crippen molar-refractivity contribution in [3.05, 3.63) is 39.1 Å². The number of nitrogens with two attached hydrogens (primary N) is 1.